The first-order valence-electron chi connectivity index (χ1n) is 8.88. The summed E-state index contributed by atoms with van der Waals surface area (Å²) >= 11 is 0. The molecule has 0 saturated carbocycles. The van der Waals surface area contributed by atoms with E-state index in [-0.39, 0.29) is 18.0 Å². The minimum absolute atomic E-state index is 0.0142. The SMILES string of the molecule is CCOC(=O)N1CCN([C@H](C)C(=O)Nc2c(C)cc(C)cc2C)CC1. The number of hydrogen-bond acceptors (Lipinski definition) is 4. The highest BCUT2D eigenvalue weighted by molar-refractivity contribution is 5.96. The molecule has 0 bridgehead atoms. The number of anilines is 1. The highest BCUT2D eigenvalue weighted by Crippen LogP contribution is 2.22. The van der Waals surface area contributed by atoms with Crippen LogP contribution in [0.3, 0.4) is 0 Å². The maximum absolute atomic E-state index is 12.7. The van der Waals surface area contributed by atoms with E-state index in [9.17, 15) is 9.59 Å². The number of aryl methyl sites for hydroxylation is 3. The number of piperazine rings is 1. The summed E-state index contributed by atoms with van der Waals surface area (Å²) in [7, 11) is 0. The summed E-state index contributed by atoms with van der Waals surface area (Å²) in [6, 6.07) is 3.90. The molecule has 1 aliphatic rings. The second-order valence-corrected chi connectivity index (χ2v) is 6.66. The second kappa shape index (κ2) is 8.34. The molecule has 1 aromatic carbocycles. The quantitative estimate of drug-likeness (QED) is 0.910. The lowest BCUT2D eigenvalue weighted by molar-refractivity contribution is -0.121. The molecule has 1 aliphatic heterocycles. The summed E-state index contributed by atoms with van der Waals surface area (Å²) in [5.74, 6) is -0.0142. The first kappa shape index (κ1) is 19.2. The van der Waals surface area contributed by atoms with Gasteiger partial charge in [-0.05, 0) is 45.7 Å². The van der Waals surface area contributed by atoms with Crippen molar-refractivity contribution in [3.05, 3.63) is 28.8 Å². The van der Waals surface area contributed by atoms with Crippen molar-refractivity contribution in [2.45, 2.75) is 40.7 Å². The number of rotatable bonds is 4. The number of hydrogen-bond donors (Lipinski definition) is 1. The van der Waals surface area contributed by atoms with Crippen molar-refractivity contribution in [1.29, 1.82) is 0 Å². The molecule has 6 heteroatoms. The summed E-state index contributed by atoms with van der Waals surface area (Å²) in [6.07, 6.45) is -0.273. The van der Waals surface area contributed by atoms with E-state index in [0.717, 1.165) is 16.8 Å². The van der Waals surface area contributed by atoms with Crippen LogP contribution in [0.2, 0.25) is 0 Å². The Morgan fingerprint density at radius 1 is 1.12 bits per heavy atom. The molecule has 1 atom stereocenters. The van der Waals surface area contributed by atoms with Gasteiger partial charge in [0, 0.05) is 31.9 Å². The Morgan fingerprint density at radius 3 is 2.20 bits per heavy atom. The van der Waals surface area contributed by atoms with E-state index in [1.165, 1.54) is 5.56 Å². The lowest BCUT2D eigenvalue weighted by atomic mass is 10.0. The summed E-state index contributed by atoms with van der Waals surface area (Å²) in [4.78, 5) is 28.2. The average Bonchev–Trinajstić information content (AvgIpc) is 2.57. The molecule has 2 rings (SSSR count). The average molecular weight is 347 g/mol. The van der Waals surface area contributed by atoms with Crippen molar-refractivity contribution in [2.24, 2.45) is 0 Å². The van der Waals surface area contributed by atoms with Gasteiger partial charge in [0.25, 0.3) is 0 Å². The smallest absolute Gasteiger partial charge is 0.409 e. The summed E-state index contributed by atoms with van der Waals surface area (Å²) in [5, 5.41) is 3.07. The van der Waals surface area contributed by atoms with Gasteiger partial charge in [-0.1, -0.05) is 17.7 Å². The summed E-state index contributed by atoms with van der Waals surface area (Å²) in [6.45, 7) is 12.7. The molecule has 0 spiro atoms. The molecule has 1 aromatic rings. The van der Waals surface area contributed by atoms with Crippen LogP contribution in [-0.2, 0) is 9.53 Å². The minimum atomic E-state index is -0.273. The molecular formula is C19H29N3O3. The van der Waals surface area contributed by atoms with Gasteiger partial charge in [0.1, 0.15) is 0 Å². The van der Waals surface area contributed by atoms with Gasteiger partial charge in [-0.2, -0.15) is 0 Å². The van der Waals surface area contributed by atoms with Crippen LogP contribution in [-0.4, -0.2) is 60.6 Å². The molecule has 25 heavy (non-hydrogen) atoms. The van der Waals surface area contributed by atoms with Crippen molar-refractivity contribution in [1.82, 2.24) is 9.80 Å². The topological polar surface area (TPSA) is 61.9 Å². The zero-order chi connectivity index (χ0) is 18.6. The van der Waals surface area contributed by atoms with E-state index in [1.54, 1.807) is 11.8 Å². The van der Waals surface area contributed by atoms with Gasteiger partial charge in [-0.3, -0.25) is 9.69 Å². The maximum atomic E-state index is 12.7. The Kier molecular flexibility index (Phi) is 6.42. The van der Waals surface area contributed by atoms with Crippen molar-refractivity contribution < 1.29 is 14.3 Å². The van der Waals surface area contributed by atoms with E-state index in [4.69, 9.17) is 4.74 Å². The summed E-state index contributed by atoms with van der Waals surface area (Å²) < 4.78 is 5.03. The van der Waals surface area contributed by atoms with Gasteiger partial charge in [0.05, 0.1) is 12.6 Å². The van der Waals surface area contributed by atoms with Crippen molar-refractivity contribution >= 4 is 17.7 Å². The van der Waals surface area contributed by atoms with Gasteiger partial charge in [-0.15, -0.1) is 0 Å². The van der Waals surface area contributed by atoms with Crippen LogP contribution in [0, 0.1) is 20.8 Å². The number of nitrogens with one attached hydrogen (secondary N) is 1. The van der Waals surface area contributed by atoms with E-state index in [1.807, 2.05) is 20.8 Å². The van der Waals surface area contributed by atoms with Gasteiger partial charge in [0.15, 0.2) is 0 Å². The number of ether oxygens (including phenoxy) is 1. The zero-order valence-electron chi connectivity index (χ0n) is 15.9. The maximum Gasteiger partial charge on any atom is 0.409 e. The molecule has 0 radical (unpaired) electrons. The Balaban J connectivity index is 1.94. The van der Waals surface area contributed by atoms with Crippen LogP contribution in [0.25, 0.3) is 0 Å². The number of carbonyl (C=O) groups excluding carboxylic acids is 2. The monoisotopic (exact) mass is 347 g/mol. The number of benzene rings is 1. The molecule has 0 unspecified atom stereocenters. The van der Waals surface area contributed by atoms with Crippen LogP contribution in [0.15, 0.2) is 12.1 Å². The first-order chi connectivity index (χ1) is 11.8. The van der Waals surface area contributed by atoms with Gasteiger partial charge < -0.3 is 15.0 Å². The minimum Gasteiger partial charge on any atom is -0.450 e. The third-order valence-electron chi connectivity index (χ3n) is 4.69. The molecule has 0 aromatic heterocycles. The Morgan fingerprint density at radius 2 is 1.68 bits per heavy atom. The van der Waals surface area contributed by atoms with E-state index >= 15 is 0 Å². The van der Waals surface area contributed by atoms with Crippen LogP contribution >= 0.6 is 0 Å². The van der Waals surface area contributed by atoms with Crippen molar-refractivity contribution in [3.8, 4) is 0 Å². The molecule has 1 N–H and O–H groups in total. The third-order valence-corrected chi connectivity index (χ3v) is 4.69. The van der Waals surface area contributed by atoms with E-state index < -0.39 is 0 Å². The Bertz CT molecular complexity index is 614. The van der Waals surface area contributed by atoms with E-state index in [0.29, 0.717) is 32.8 Å². The lowest BCUT2D eigenvalue weighted by Crippen LogP contribution is -2.54. The lowest BCUT2D eigenvalue weighted by Gasteiger charge is -2.36. The first-order valence-corrected chi connectivity index (χ1v) is 8.88. The molecule has 1 heterocycles. The normalized spacial score (nSPS) is 16.4. The predicted octanol–water partition coefficient (Wildman–Crippen LogP) is 2.71. The highest BCUT2D eigenvalue weighted by Gasteiger charge is 2.28. The molecule has 1 fully saturated rings. The fourth-order valence-corrected chi connectivity index (χ4v) is 3.28. The molecule has 6 nitrogen and oxygen atoms in total. The second-order valence-electron chi connectivity index (χ2n) is 6.66. The van der Waals surface area contributed by atoms with Crippen molar-refractivity contribution in [2.75, 3.05) is 38.1 Å². The highest BCUT2D eigenvalue weighted by atomic mass is 16.6. The standard InChI is InChI=1S/C19H29N3O3/c1-6-25-19(24)22-9-7-21(8-10-22)16(5)18(23)20-17-14(3)11-13(2)12-15(17)4/h11-12,16H,6-10H2,1-5H3,(H,20,23)/t16-/m1/s1. The van der Waals surface area contributed by atoms with Crippen LogP contribution in [0.1, 0.15) is 30.5 Å². The zero-order valence-corrected chi connectivity index (χ0v) is 15.9. The van der Waals surface area contributed by atoms with Gasteiger partial charge in [0.2, 0.25) is 5.91 Å². The fourth-order valence-electron chi connectivity index (χ4n) is 3.28. The number of amides is 2. The van der Waals surface area contributed by atoms with Crippen LogP contribution < -0.4 is 5.32 Å². The van der Waals surface area contributed by atoms with Gasteiger partial charge >= 0.3 is 6.09 Å². The third kappa shape index (κ3) is 4.72. The molecule has 0 aliphatic carbocycles. The molecule has 138 valence electrons. The van der Waals surface area contributed by atoms with Crippen molar-refractivity contribution in [3.63, 3.8) is 0 Å². The number of nitrogens with zero attached hydrogens (tertiary/aromatic N) is 2. The van der Waals surface area contributed by atoms with Gasteiger partial charge in [-0.25, -0.2) is 4.79 Å². The largest absolute Gasteiger partial charge is 0.450 e. The van der Waals surface area contributed by atoms with E-state index in [2.05, 4.69) is 29.3 Å². The Hall–Kier alpha value is -2.08. The molecule has 1 saturated heterocycles. The molecular weight excluding hydrogens is 318 g/mol. The predicted molar refractivity (Wildman–Crippen MR) is 98.9 cm³/mol. The van der Waals surface area contributed by atoms with Crippen LogP contribution in [0.4, 0.5) is 10.5 Å². The fraction of sp³-hybridized carbons (Fsp3) is 0.579. The van der Waals surface area contributed by atoms with Crippen LogP contribution in [0.5, 0.6) is 0 Å². The molecule has 2 amide bonds. The Labute approximate surface area is 150 Å². The number of carbonyl (C=O) groups is 2. The summed E-state index contributed by atoms with van der Waals surface area (Å²) in [5.41, 5.74) is 4.24.